The molecule has 0 bridgehead atoms. The van der Waals surface area contributed by atoms with Crippen LogP contribution in [0.25, 0.3) is 0 Å². The number of ether oxygens (including phenoxy) is 2. The summed E-state index contributed by atoms with van der Waals surface area (Å²) in [6.07, 6.45) is 0. The maximum Gasteiger partial charge on any atom is 0.264 e. The summed E-state index contributed by atoms with van der Waals surface area (Å²) in [6, 6.07) is 16.1. The molecule has 0 heterocycles. The molecule has 0 atom stereocenters. The van der Waals surface area contributed by atoms with Crippen molar-refractivity contribution in [3.05, 3.63) is 77.4 Å². The summed E-state index contributed by atoms with van der Waals surface area (Å²) >= 11 is 0. The zero-order valence-electron chi connectivity index (χ0n) is 20.8. The Kier molecular flexibility index (Phi) is 8.21. The van der Waals surface area contributed by atoms with E-state index < -0.39 is 22.5 Å². The lowest BCUT2D eigenvalue weighted by atomic mass is 10.1. The lowest BCUT2D eigenvalue weighted by Crippen LogP contribution is -2.39. The van der Waals surface area contributed by atoms with Crippen LogP contribution in [0.5, 0.6) is 17.2 Å². The minimum Gasteiger partial charge on any atom is -0.507 e. The number of nitrogens with one attached hydrogen (secondary N) is 1. The van der Waals surface area contributed by atoms with E-state index in [1.807, 2.05) is 19.9 Å². The molecule has 1 amide bonds. The maximum atomic E-state index is 13.7. The highest BCUT2D eigenvalue weighted by Crippen LogP contribution is 2.32. The molecular weight excluding hydrogens is 482 g/mol. The number of amides is 1. The van der Waals surface area contributed by atoms with Crippen LogP contribution in [0.4, 0.5) is 5.69 Å². The minimum absolute atomic E-state index is 0.0147. The summed E-state index contributed by atoms with van der Waals surface area (Å²) in [5.74, 6) is -0.0266. The number of methoxy groups -OCH3 is 2. The molecule has 190 valence electrons. The van der Waals surface area contributed by atoms with Gasteiger partial charge >= 0.3 is 0 Å². The van der Waals surface area contributed by atoms with Gasteiger partial charge in [-0.25, -0.2) is 13.8 Å². The quantitative estimate of drug-likeness (QED) is 0.334. The molecule has 2 N–H and O–H groups in total. The topological polar surface area (TPSA) is 118 Å². The van der Waals surface area contributed by atoms with E-state index in [0.29, 0.717) is 22.7 Å². The van der Waals surface area contributed by atoms with Crippen molar-refractivity contribution >= 4 is 27.3 Å². The van der Waals surface area contributed by atoms with Gasteiger partial charge in [0.25, 0.3) is 15.9 Å². The smallest absolute Gasteiger partial charge is 0.264 e. The van der Waals surface area contributed by atoms with Crippen molar-refractivity contribution in [1.29, 1.82) is 0 Å². The second-order valence-electron chi connectivity index (χ2n) is 8.12. The van der Waals surface area contributed by atoms with E-state index in [4.69, 9.17) is 9.47 Å². The van der Waals surface area contributed by atoms with Gasteiger partial charge in [0.15, 0.2) is 11.5 Å². The molecule has 0 fully saturated rings. The van der Waals surface area contributed by atoms with Crippen LogP contribution >= 0.6 is 0 Å². The first kappa shape index (κ1) is 26.6. The highest BCUT2D eigenvalue weighted by molar-refractivity contribution is 7.92. The van der Waals surface area contributed by atoms with Crippen molar-refractivity contribution in [3.8, 4) is 17.2 Å². The van der Waals surface area contributed by atoms with Crippen LogP contribution < -0.4 is 19.2 Å². The third kappa shape index (κ3) is 5.95. The van der Waals surface area contributed by atoms with Gasteiger partial charge in [-0.05, 0) is 68.3 Å². The molecule has 0 aromatic heterocycles. The molecule has 0 spiro atoms. The molecule has 36 heavy (non-hydrogen) atoms. The lowest BCUT2D eigenvalue weighted by Gasteiger charge is -2.25. The van der Waals surface area contributed by atoms with E-state index in [9.17, 15) is 18.3 Å². The number of hydrogen-bond acceptors (Lipinski definition) is 7. The summed E-state index contributed by atoms with van der Waals surface area (Å²) < 4.78 is 39.0. The molecule has 3 aromatic carbocycles. The lowest BCUT2D eigenvalue weighted by molar-refractivity contribution is -0.119. The summed E-state index contributed by atoms with van der Waals surface area (Å²) in [6.45, 7) is 4.78. The first-order valence-electron chi connectivity index (χ1n) is 11.0. The summed E-state index contributed by atoms with van der Waals surface area (Å²) in [7, 11) is -1.32. The standard InChI is InChI=1S/C26H29N3O6S/c1-17-12-18(2)14-20(13-17)29(36(32,33)21-10-11-24(34-4)25(15-21)35-5)16-26(31)28-27-19(3)22-8-6-7-9-23(22)30/h6-15,30H,16H2,1-5H3,(H,28,31)/b27-19-. The third-order valence-electron chi connectivity index (χ3n) is 5.37. The number of hydrogen-bond donors (Lipinski definition) is 2. The SMILES string of the molecule is COc1ccc(S(=O)(=O)N(CC(=O)N/N=C(/C)c2ccccc2O)c2cc(C)cc(C)c2)cc1OC. The van der Waals surface area contributed by atoms with Crippen LogP contribution in [0.3, 0.4) is 0 Å². The zero-order chi connectivity index (χ0) is 26.5. The molecule has 3 aromatic rings. The Hall–Kier alpha value is -4.05. The second kappa shape index (κ2) is 11.1. The maximum absolute atomic E-state index is 13.7. The normalized spacial score (nSPS) is 11.6. The van der Waals surface area contributed by atoms with Crippen LogP contribution in [-0.4, -0.2) is 45.9 Å². The monoisotopic (exact) mass is 511 g/mol. The second-order valence-corrected chi connectivity index (χ2v) is 9.99. The van der Waals surface area contributed by atoms with Crippen molar-refractivity contribution in [3.63, 3.8) is 0 Å². The number of rotatable bonds is 9. The van der Waals surface area contributed by atoms with Gasteiger partial charge in [-0.2, -0.15) is 5.10 Å². The van der Waals surface area contributed by atoms with Crippen LogP contribution in [0.2, 0.25) is 0 Å². The van der Waals surface area contributed by atoms with Crippen LogP contribution in [0, 0.1) is 13.8 Å². The first-order valence-corrected chi connectivity index (χ1v) is 12.5. The number of nitrogens with zero attached hydrogens (tertiary/aromatic N) is 2. The van der Waals surface area contributed by atoms with Crippen molar-refractivity contribution in [2.45, 2.75) is 25.7 Å². The van der Waals surface area contributed by atoms with Crippen LogP contribution in [-0.2, 0) is 14.8 Å². The number of sulfonamides is 1. The van der Waals surface area contributed by atoms with E-state index in [0.717, 1.165) is 15.4 Å². The van der Waals surface area contributed by atoms with Gasteiger partial charge < -0.3 is 14.6 Å². The molecule has 10 heteroatoms. The number of hydrazone groups is 1. The number of aryl methyl sites for hydroxylation is 2. The fourth-order valence-electron chi connectivity index (χ4n) is 3.67. The number of carbonyl (C=O) groups excluding carboxylic acids is 1. The third-order valence-corrected chi connectivity index (χ3v) is 7.14. The number of carbonyl (C=O) groups is 1. The first-order chi connectivity index (χ1) is 17.1. The van der Waals surface area contributed by atoms with E-state index in [2.05, 4.69) is 10.5 Å². The van der Waals surface area contributed by atoms with Crippen LogP contribution in [0.15, 0.2) is 70.7 Å². The Bertz CT molecular complexity index is 1380. The molecule has 9 nitrogen and oxygen atoms in total. The summed E-state index contributed by atoms with van der Waals surface area (Å²) in [4.78, 5) is 12.8. The van der Waals surface area contributed by atoms with Gasteiger partial charge in [0.1, 0.15) is 12.3 Å². The molecule has 0 aliphatic heterocycles. The van der Waals surface area contributed by atoms with E-state index in [-0.39, 0.29) is 16.4 Å². The van der Waals surface area contributed by atoms with Gasteiger partial charge in [-0.15, -0.1) is 0 Å². The molecule has 3 rings (SSSR count). The zero-order valence-corrected chi connectivity index (χ0v) is 21.6. The average Bonchev–Trinajstić information content (AvgIpc) is 2.84. The Morgan fingerprint density at radius 3 is 2.22 bits per heavy atom. The Morgan fingerprint density at radius 1 is 0.972 bits per heavy atom. The number of para-hydroxylation sites is 1. The molecule has 0 unspecified atom stereocenters. The number of phenolic OH excluding ortho intramolecular Hbond substituents is 1. The van der Waals surface area contributed by atoms with Crippen LogP contribution in [0.1, 0.15) is 23.6 Å². The largest absolute Gasteiger partial charge is 0.507 e. The predicted molar refractivity (Wildman–Crippen MR) is 138 cm³/mol. The number of anilines is 1. The van der Waals surface area contributed by atoms with E-state index >= 15 is 0 Å². The highest BCUT2D eigenvalue weighted by atomic mass is 32.2. The highest BCUT2D eigenvalue weighted by Gasteiger charge is 2.28. The van der Waals surface area contributed by atoms with Crippen molar-refractivity contribution in [1.82, 2.24) is 5.43 Å². The fourth-order valence-corrected chi connectivity index (χ4v) is 5.09. The number of aromatic hydroxyl groups is 1. The fraction of sp³-hybridized carbons (Fsp3) is 0.231. The minimum atomic E-state index is -4.19. The molecular formula is C26H29N3O6S. The Morgan fingerprint density at radius 2 is 1.61 bits per heavy atom. The van der Waals surface area contributed by atoms with Gasteiger partial charge in [-0.3, -0.25) is 9.10 Å². The van der Waals surface area contributed by atoms with E-state index in [1.54, 1.807) is 37.3 Å². The van der Waals surface area contributed by atoms with Crippen molar-refractivity contribution in [2.75, 3.05) is 25.1 Å². The van der Waals surface area contributed by atoms with Gasteiger partial charge in [0.2, 0.25) is 0 Å². The van der Waals surface area contributed by atoms with Gasteiger partial charge in [0.05, 0.1) is 30.5 Å². The Balaban J connectivity index is 1.98. The number of phenols is 1. The van der Waals surface area contributed by atoms with Gasteiger partial charge in [0, 0.05) is 11.6 Å². The molecule has 0 aliphatic rings. The van der Waals surface area contributed by atoms with Gasteiger partial charge in [-0.1, -0.05) is 18.2 Å². The Labute approximate surface area is 211 Å². The molecule has 0 saturated heterocycles. The molecule has 0 saturated carbocycles. The average molecular weight is 512 g/mol. The molecule has 0 aliphatic carbocycles. The summed E-state index contributed by atoms with van der Waals surface area (Å²) in [5.41, 5.74) is 5.21. The van der Waals surface area contributed by atoms with Crippen molar-refractivity contribution < 1.29 is 27.8 Å². The predicted octanol–water partition coefficient (Wildman–Crippen LogP) is 3.76. The van der Waals surface area contributed by atoms with E-state index in [1.165, 1.54) is 38.5 Å². The number of benzene rings is 3. The summed E-state index contributed by atoms with van der Waals surface area (Å²) in [5, 5.41) is 14.0. The molecule has 0 radical (unpaired) electrons. The van der Waals surface area contributed by atoms with Crippen molar-refractivity contribution in [2.24, 2.45) is 5.10 Å².